The van der Waals surface area contributed by atoms with Crippen LogP contribution >= 0.6 is 0 Å². The second-order valence-electron chi connectivity index (χ2n) is 3.03. The third-order valence-corrected chi connectivity index (χ3v) is 1.98. The van der Waals surface area contributed by atoms with Gasteiger partial charge in [0.2, 0.25) is 5.95 Å². The molecule has 2 rings (SSSR count). The third-order valence-electron chi connectivity index (χ3n) is 1.98. The Bertz CT molecular complexity index is 506. The van der Waals surface area contributed by atoms with E-state index in [1.165, 1.54) is 0 Å². The lowest BCUT2D eigenvalue weighted by molar-refractivity contribution is 0.790. The highest BCUT2D eigenvalue weighted by molar-refractivity contribution is 5.38. The van der Waals surface area contributed by atoms with Crippen LogP contribution in [0.15, 0.2) is 30.3 Å². The van der Waals surface area contributed by atoms with E-state index in [-0.39, 0.29) is 0 Å². The third kappa shape index (κ3) is 2.17. The first-order chi connectivity index (χ1) is 7.92. The minimum atomic E-state index is 0.531. The molecule has 1 aromatic carbocycles. The van der Waals surface area contributed by atoms with Crippen molar-refractivity contribution in [2.45, 2.75) is 6.92 Å². The van der Waals surface area contributed by atoms with Crippen molar-refractivity contribution < 1.29 is 0 Å². The maximum atomic E-state index is 3.91. The Kier molecular flexibility index (Phi) is 3.14. The largest absolute Gasteiger partial charge is 0.342 e. The molecule has 0 aliphatic rings. The predicted octanol–water partition coefficient (Wildman–Crippen LogP) is 1.10. The van der Waals surface area contributed by atoms with Crippen molar-refractivity contribution in [3.8, 4) is 17.5 Å². The smallest absolute Gasteiger partial charge is 0.248 e. The lowest BCUT2D eigenvalue weighted by Crippen LogP contribution is -2.07. The average Bonchev–Trinajstić information content (AvgIpc) is 2.79. The Morgan fingerprint density at radius 2 is 2.12 bits per heavy atom. The van der Waals surface area contributed by atoms with Gasteiger partial charge in [0, 0.05) is 0 Å². The van der Waals surface area contributed by atoms with E-state index in [9.17, 15) is 0 Å². The second-order valence-corrected chi connectivity index (χ2v) is 3.03. The fourth-order valence-electron chi connectivity index (χ4n) is 1.25. The van der Waals surface area contributed by atoms with Crippen molar-refractivity contribution in [1.29, 1.82) is 0 Å². The van der Waals surface area contributed by atoms with Gasteiger partial charge in [-0.25, -0.2) is 0 Å². The number of nitrogens with zero attached hydrogens (tertiary/aromatic N) is 4. The fourth-order valence-corrected chi connectivity index (χ4v) is 1.25. The summed E-state index contributed by atoms with van der Waals surface area (Å²) in [5.41, 5.74) is 0.916. The van der Waals surface area contributed by atoms with E-state index in [1.54, 1.807) is 11.6 Å². The van der Waals surface area contributed by atoms with Crippen molar-refractivity contribution in [2.75, 3.05) is 11.9 Å². The standard InChI is InChI=1S/C11H11N5/c1-2-3-9-12-11-13-14-15-16(11)10-7-5-4-6-8-10/h4-8H,9H2,1H3,(H,12,13,15). The molecule has 5 heteroatoms. The molecule has 80 valence electrons. The number of rotatable bonds is 3. The molecule has 0 amide bonds. The lowest BCUT2D eigenvalue weighted by atomic mass is 10.3. The number of hydrogen-bond acceptors (Lipinski definition) is 4. The molecule has 0 unspecified atom stereocenters. The monoisotopic (exact) mass is 213 g/mol. The zero-order chi connectivity index (χ0) is 11.2. The van der Waals surface area contributed by atoms with Gasteiger partial charge < -0.3 is 5.32 Å². The number of hydrogen-bond donors (Lipinski definition) is 1. The van der Waals surface area contributed by atoms with Crippen LogP contribution in [0.3, 0.4) is 0 Å². The van der Waals surface area contributed by atoms with Crippen molar-refractivity contribution in [3.05, 3.63) is 30.3 Å². The SMILES string of the molecule is CC#CCNc1nnnn1-c1ccccc1. The molecule has 2 aromatic rings. The van der Waals surface area contributed by atoms with Crippen LogP contribution in [0.25, 0.3) is 5.69 Å². The summed E-state index contributed by atoms with van der Waals surface area (Å²) in [4.78, 5) is 0. The average molecular weight is 213 g/mol. The molecule has 0 fully saturated rings. The van der Waals surface area contributed by atoms with Crippen LogP contribution < -0.4 is 5.32 Å². The number of nitrogens with one attached hydrogen (secondary N) is 1. The summed E-state index contributed by atoms with van der Waals surface area (Å²) in [6.07, 6.45) is 0. The molecular formula is C11H11N5. The summed E-state index contributed by atoms with van der Waals surface area (Å²) in [5.74, 6) is 6.29. The molecule has 5 nitrogen and oxygen atoms in total. The van der Waals surface area contributed by atoms with Gasteiger partial charge in [0.25, 0.3) is 0 Å². The first-order valence-corrected chi connectivity index (χ1v) is 4.89. The molecule has 0 aliphatic heterocycles. The van der Waals surface area contributed by atoms with Crippen molar-refractivity contribution in [1.82, 2.24) is 20.2 Å². The summed E-state index contributed by atoms with van der Waals surface area (Å²) in [6, 6.07) is 9.70. The van der Waals surface area contributed by atoms with E-state index < -0.39 is 0 Å². The molecule has 16 heavy (non-hydrogen) atoms. The summed E-state index contributed by atoms with van der Waals surface area (Å²) in [5, 5.41) is 14.5. The van der Waals surface area contributed by atoms with Gasteiger partial charge in [0.05, 0.1) is 12.2 Å². The Hall–Kier alpha value is -2.35. The summed E-state index contributed by atoms with van der Waals surface area (Å²) < 4.78 is 1.64. The van der Waals surface area contributed by atoms with Crippen LogP contribution in [0.4, 0.5) is 5.95 Å². The Morgan fingerprint density at radius 3 is 2.88 bits per heavy atom. The van der Waals surface area contributed by atoms with E-state index >= 15 is 0 Å². The first-order valence-electron chi connectivity index (χ1n) is 4.89. The van der Waals surface area contributed by atoms with Crippen molar-refractivity contribution in [2.24, 2.45) is 0 Å². The molecule has 1 heterocycles. The highest BCUT2D eigenvalue weighted by Gasteiger charge is 2.05. The molecule has 1 aromatic heterocycles. The van der Waals surface area contributed by atoms with Gasteiger partial charge in [0.15, 0.2) is 0 Å². The van der Waals surface area contributed by atoms with E-state index in [1.807, 2.05) is 30.3 Å². The number of tetrazole rings is 1. The van der Waals surface area contributed by atoms with Gasteiger partial charge in [-0.3, -0.25) is 0 Å². The normalized spacial score (nSPS) is 9.31. The van der Waals surface area contributed by atoms with E-state index in [0.717, 1.165) is 5.69 Å². The predicted molar refractivity (Wildman–Crippen MR) is 61.1 cm³/mol. The summed E-state index contributed by atoms with van der Waals surface area (Å²) in [7, 11) is 0. The number of anilines is 1. The maximum absolute atomic E-state index is 3.91. The number of benzene rings is 1. The molecule has 0 atom stereocenters. The van der Waals surface area contributed by atoms with E-state index in [0.29, 0.717) is 12.5 Å². The zero-order valence-corrected chi connectivity index (χ0v) is 8.88. The van der Waals surface area contributed by atoms with Gasteiger partial charge >= 0.3 is 0 Å². The Labute approximate surface area is 93.5 Å². The van der Waals surface area contributed by atoms with Gasteiger partial charge in [-0.2, -0.15) is 4.68 Å². The summed E-state index contributed by atoms with van der Waals surface area (Å²) in [6.45, 7) is 2.32. The van der Waals surface area contributed by atoms with Gasteiger partial charge in [-0.05, 0) is 29.5 Å². The van der Waals surface area contributed by atoms with E-state index in [2.05, 4.69) is 32.7 Å². The molecule has 0 saturated heterocycles. The quantitative estimate of drug-likeness (QED) is 0.776. The van der Waals surface area contributed by atoms with Gasteiger partial charge in [-0.1, -0.05) is 29.2 Å². The van der Waals surface area contributed by atoms with E-state index in [4.69, 9.17) is 0 Å². The van der Waals surface area contributed by atoms with Crippen LogP contribution in [-0.4, -0.2) is 26.8 Å². The van der Waals surface area contributed by atoms with Crippen LogP contribution in [0, 0.1) is 11.8 Å². The molecule has 0 spiro atoms. The lowest BCUT2D eigenvalue weighted by Gasteiger charge is -2.03. The van der Waals surface area contributed by atoms with Crippen LogP contribution in [-0.2, 0) is 0 Å². The molecular weight excluding hydrogens is 202 g/mol. The van der Waals surface area contributed by atoms with Crippen LogP contribution in [0.5, 0.6) is 0 Å². The zero-order valence-electron chi connectivity index (χ0n) is 8.88. The molecule has 0 bridgehead atoms. The first kappa shape index (κ1) is 10.2. The minimum absolute atomic E-state index is 0.531. The van der Waals surface area contributed by atoms with Crippen LogP contribution in [0.2, 0.25) is 0 Å². The number of aromatic nitrogens is 4. The van der Waals surface area contributed by atoms with Gasteiger partial charge in [0.1, 0.15) is 0 Å². The second kappa shape index (κ2) is 4.94. The van der Waals surface area contributed by atoms with Crippen molar-refractivity contribution >= 4 is 5.95 Å². The minimum Gasteiger partial charge on any atom is -0.342 e. The highest BCUT2D eigenvalue weighted by atomic mass is 15.6. The highest BCUT2D eigenvalue weighted by Crippen LogP contribution is 2.09. The molecule has 0 radical (unpaired) electrons. The topological polar surface area (TPSA) is 55.6 Å². The maximum Gasteiger partial charge on any atom is 0.248 e. The van der Waals surface area contributed by atoms with Gasteiger partial charge in [-0.15, -0.1) is 5.92 Å². The van der Waals surface area contributed by atoms with Crippen molar-refractivity contribution in [3.63, 3.8) is 0 Å². The fraction of sp³-hybridized carbons (Fsp3) is 0.182. The molecule has 0 saturated carbocycles. The summed E-state index contributed by atoms with van der Waals surface area (Å²) >= 11 is 0. The molecule has 0 aliphatic carbocycles. The number of para-hydroxylation sites is 1. The van der Waals surface area contributed by atoms with Crippen LogP contribution in [0.1, 0.15) is 6.92 Å². The molecule has 1 N–H and O–H groups in total. The Balaban J connectivity index is 2.21. The Morgan fingerprint density at radius 1 is 1.31 bits per heavy atom.